The van der Waals surface area contributed by atoms with Crippen LogP contribution in [0.4, 0.5) is 5.69 Å². The van der Waals surface area contributed by atoms with Crippen LogP contribution >= 0.6 is 0 Å². The van der Waals surface area contributed by atoms with Crippen molar-refractivity contribution in [1.29, 1.82) is 0 Å². The van der Waals surface area contributed by atoms with Gasteiger partial charge in [0.2, 0.25) is 0 Å². The lowest BCUT2D eigenvalue weighted by atomic mass is 10.1. The van der Waals surface area contributed by atoms with Gasteiger partial charge in [-0.2, -0.15) is 0 Å². The molecule has 1 fully saturated rings. The standard InChI is InChI=1S/C25H24N2O4/c28-24(19-8-5-9-20(16-19)27-25(29)23-13-6-14-30-23)26-17-18-7-4-12-22(15-18)31-21-10-2-1-3-11-21/h1-5,7-12,15-16,23H,6,13-14,17H2,(H,26,28)(H,27,29). The molecule has 2 N–H and O–H groups in total. The molecule has 0 saturated carbocycles. The van der Waals surface area contributed by atoms with Gasteiger partial charge in [0.25, 0.3) is 11.8 Å². The van der Waals surface area contributed by atoms with Gasteiger partial charge in [-0.25, -0.2) is 0 Å². The summed E-state index contributed by atoms with van der Waals surface area (Å²) in [5, 5.41) is 5.73. The minimum Gasteiger partial charge on any atom is -0.457 e. The maximum absolute atomic E-state index is 12.6. The Bertz CT molecular complexity index is 1050. The highest BCUT2D eigenvalue weighted by Crippen LogP contribution is 2.22. The van der Waals surface area contributed by atoms with E-state index in [4.69, 9.17) is 9.47 Å². The Morgan fingerprint density at radius 2 is 1.74 bits per heavy atom. The van der Waals surface area contributed by atoms with Crippen molar-refractivity contribution in [3.63, 3.8) is 0 Å². The lowest BCUT2D eigenvalue weighted by Crippen LogP contribution is -2.27. The highest BCUT2D eigenvalue weighted by Gasteiger charge is 2.23. The number of benzene rings is 3. The van der Waals surface area contributed by atoms with Gasteiger partial charge in [-0.15, -0.1) is 0 Å². The fourth-order valence-electron chi connectivity index (χ4n) is 3.37. The number of hydrogen-bond donors (Lipinski definition) is 2. The number of anilines is 1. The topological polar surface area (TPSA) is 76.7 Å². The maximum Gasteiger partial charge on any atom is 0.253 e. The van der Waals surface area contributed by atoms with E-state index < -0.39 is 6.10 Å². The Balaban J connectivity index is 1.34. The second-order valence-corrected chi connectivity index (χ2v) is 7.32. The molecular formula is C25H24N2O4. The summed E-state index contributed by atoms with van der Waals surface area (Å²) in [4.78, 5) is 24.8. The van der Waals surface area contributed by atoms with Crippen molar-refractivity contribution in [1.82, 2.24) is 5.32 Å². The number of hydrogen-bond acceptors (Lipinski definition) is 4. The molecule has 1 saturated heterocycles. The van der Waals surface area contributed by atoms with Crippen molar-refractivity contribution in [3.05, 3.63) is 90.0 Å². The van der Waals surface area contributed by atoms with Crippen molar-refractivity contribution in [3.8, 4) is 11.5 Å². The number of nitrogens with one attached hydrogen (secondary N) is 2. The molecule has 0 radical (unpaired) electrons. The molecule has 2 amide bonds. The molecular weight excluding hydrogens is 392 g/mol. The van der Waals surface area contributed by atoms with Gasteiger partial charge in [0, 0.05) is 24.4 Å². The largest absolute Gasteiger partial charge is 0.457 e. The van der Waals surface area contributed by atoms with E-state index in [0.717, 1.165) is 24.2 Å². The summed E-state index contributed by atoms with van der Waals surface area (Å²) in [6.45, 7) is 0.968. The van der Waals surface area contributed by atoms with Crippen LogP contribution < -0.4 is 15.4 Å². The van der Waals surface area contributed by atoms with Gasteiger partial charge < -0.3 is 20.1 Å². The minimum absolute atomic E-state index is 0.176. The lowest BCUT2D eigenvalue weighted by Gasteiger charge is -2.12. The molecule has 0 aromatic heterocycles. The van der Waals surface area contributed by atoms with Crippen LogP contribution in [0.5, 0.6) is 11.5 Å². The molecule has 6 heteroatoms. The van der Waals surface area contributed by atoms with E-state index in [1.165, 1.54) is 0 Å². The van der Waals surface area contributed by atoms with Gasteiger partial charge in [0.05, 0.1) is 0 Å². The van der Waals surface area contributed by atoms with Crippen molar-refractivity contribution in [2.75, 3.05) is 11.9 Å². The van der Waals surface area contributed by atoms with Crippen LogP contribution in [0.15, 0.2) is 78.9 Å². The quantitative estimate of drug-likeness (QED) is 0.593. The van der Waals surface area contributed by atoms with Gasteiger partial charge in [0.15, 0.2) is 0 Å². The Kier molecular flexibility index (Phi) is 6.59. The predicted octanol–water partition coefficient (Wildman–Crippen LogP) is 4.53. The average molecular weight is 416 g/mol. The van der Waals surface area contributed by atoms with Gasteiger partial charge in [0.1, 0.15) is 17.6 Å². The molecule has 31 heavy (non-hydrogen) atoms. The van der Waals surface area contributed by atoms with E-state index in [2.05, 4.69) is 10.6 Å². The van der Waals surface area contributed by atoms with Gasteiger partial charge in [-0.1, -0.05) is 36.4 Å². The molecule has 1 unspecified atom stereocenters. The molecule has 3 aromatic carbocycles. The zero-order valence-electron chi connectivity index (χ0n) is 17.0. The Labute approximate surface area is 181 Å². The first-order valence-electron chi connectivity index (χ1n) is 10.3. The van der Waals surface area contributed by atoms with Crippen LogP contribution in [0.2, 0.25) is 0 Å². The summed E-state index contributed by atoms with van der Waals surface area (Å²) >= 11 is 0. The minimum atomic E-state index is -0.414. The van der Waals surface area contributed by atoms with E-state index in [0.29, 0.717) is 30.2 Å². The van der Waals surface area contributed by atoms with Gasteiger partial charge >= 0.3 is 0 Å². The lowest BCUT2D eigenvalue weighted by molar-refractivity contribution is -0.124. The van der Waals surface area contributed by atoms with Crippen molar-refractivity contribution in [2.24, 2.45) is 0 Å². The normalized spacial score (nSPS) is 15.3. The Hall–Kier alpha value is -3.64. The molecule has 1 aliphatic heterocycles. The molecule has 0 spiro atoms. The molecule has 158 valence electrons. The monoisotopic (exact) mass is 416 g/mol. The van der Waals surface area contributed by atoms with Crippen LogP contribution in [0.25, 0.3) is 0 Å². The first-order chi connectivity index (χ1) is 15.2. The van der Waals surface area contributed by atoms with Gasteiger partial charge in [-0.3, -0.25) is 9.59 Å². The first-order valence-corrected chi connectivity index (χ1v) is 10.3. The summed E-state index contributed by atoms with van der Waals surface area (Å²) in [5.41, 5.74) is 1.97. The predicted molar refractivity (Wildman–Crippen MR) is 118 cm³/mol. The number of rotatable bonds is 7. The highest BCUT2D eigenvalue weighted by atomic mass is 16.5. The van der Waals surface area contributed by atoms with Crippen LogP contribution in [-0.2, 0) is 16.1 Å². The second-order valence-electron chi connectivity index (χ2n) is 7.32. The van der Waals surface area contributed by atoms with Crippen LogP contribution in [0, 0.1) is 0 Å². The van der Waals surface area contributed by atoms with Crippen LogP contribution in [-0.4, -0.2) is 24.5 Å². The second kappa shape index (κ2) is 9.91. The highest BCUT2D eigenvalue weighted by molar-refractivity contribution is 5.98. The van der Waals surface area contributed by atoms with E-state index in [1.807, 2.05) is 54.6 Å². The molecule has 4 rings (SSSR count). The SMILES string of the molecule is O=C(NCc1cccc(Oc2ccccc2)c1)c1cccc(NC(=O)C2CCCO2)c1. The number of ether oxygens (including phenoxy) is 2. The van der Waals surface area contributed by atoms with Crippen LogP contribution in [0.3, 0.4) is 0 Å². The third-order valence-corrected chi connectivity index (χ3v) is 4.94. The fraction of sp³-hybridized carbons (Fsp3) is 0.200. The molecule has 1 heterocycles. The van der Waals surface area contributed by atoms with E-state index in [1.54, 1.807) is 24.3 Å². The Morgan fingerprint density at radius 1 is 0.935 bits per heavy atom. The van der Waals surface area contributed by atoms with E-state index in [-0.39, 0.29) is 11.8 Å². The number of carbonyl (C=O) groups is 2. The van der Waals surface area contributed by atoms with Crippen molar-refractivity contribution in [2.45, 2.75) is 25.5 Å². The molecule has 3 aromatic rings. The first kappa shape index (κ1) is 20.6. The zero-order chi connectivity index (χ0) is 21.5. The molecule has 1 atom stereocenters. The van der Waals surface area contributed by atoms with Crippen LogP contribution in [0.1, 0.15) is 28.8 Å². The summed E-state index contributed by atoms with van der Waals surface area (Å²) in [6.07, 6.45) is 1.19. The Morgan fingerprint density at radius 3 is 2.55 bits per heavy atom. The van der Waals surface area contributed by atoms with Crippen molar-refractivity contribution < 1.29 is 19.1 Å². The third-order valence-electron chi connectivity index (χ3n) is 4.94. The molecule has 0 bridgehead atoms. The zero-order valence-corrected chi connectivity index (χ0v) is 17.0. The third kappa shape index (κ3) is 5.71. The maximum atomic E-state index is 12.6. The molecule has 1 aliphatic rings. The summed E-state index contributed by atoms with van der Waals surface area (Å²) < 4.78 is 11.2. The summed E-state index contributed by atoms with van der Waals surface area (Å²) in [7, 11) is 0. The number of para-hydroxylation sites is 1. The van der Waals surface area contributed by atoms with E-state index >= 15 is 0 Å². The van der Waals surface area contributed by atoms with Gasteiger partial charge in [-0.05, 0) is 60.9 Å². The summed E-state index contributed by atoms with van der Waals surface area (Å²) in [6, 6.07) is 24.0. The smallest absolute Gasteiger partial charge is 0.253 e. The van der Waals surface area contributed by atoms with E-state index in [9.17, 15) is 9.59 Å². The molecule has 0 aliphatic carbocycles. The van der Waals surface area contributed by atoms with Crippen molar-refractivity contribution >= 4 is 17.5 Å². The molecule has 6 nitrogen and oxygen atoms in total. The fourth-order valence-corrected chi connectivity index (χ4v) is 3.37. The number of carbonyl (C=O) groups excluding carboxylic acids is 2. The number of amides is 2. The summed E-state index contributed by atoms with van der Waals surface area (Å²) in [5.74, 6) is 1.07. The average Bonchev–Trinajstić information content (AvgIpc) is 3.34.